The fraction of sp³-hybridized carbons (Fsp3) is 0.875. The summed E-state index contributed by atoms with van der Waals surface area (Å²) in [7, 11) is 0. The molecule has 0 unspecified atom stereocenters. The number of unbranched alkanes of at least 4 members (excludes halogenated alkanes) is 6. The molecular formula is C16H31NO3. The van der Waals surface area contributed by atoms with Crippen LogP contribution in [0.3, 0.4) is 0 Å². The van der Waals surface area contributed by atoms with Crippen molar-refractivity contribution in [1.82, 2.24) is 4.90 Å². The maximum absolute atomic E-state index is 12.0. The number of carbonyl (C=O) groups excluding carboxylic acids is 2. The van der Waals surface area contributed by atoms with Gasteiger partial charge in [-0.15, -0.1) is 0 Å². The van der Waals surface area contributed by atoms with E-state index in [1.807, 2.05) is 0 Å². The third kappa shape index (κ3) is 8.94. The summed E-state index contributed by atoms with van der Waals surface area (Å²) in [5, 5.41) is 0. The summed E-state index contributed by atoms with van der Waals surface area (Å²) in [4.78, 5) is 25.2. The van der Waals surface area contributed by atoms with E-state index in [1.165, 1.54) is 25.7 Å². The van der Waals surface area contributed by atoms with Gasteiger partial charge in [-0.1, -0.05) is 52.4 Å². The van der Waals surface area contributed by atoms with E-state index in [0.717, 1.165) is 25.7 Å². The van der Waals surface area contributed by atoms with E-state index in [4.69, 9.17) is 4.74 Å². The van der Waals surface area contributed by atoms with Crippen LogP contribution in [0, 0.1) is 0 Å². The third-order valence-electron chi connectivity index (χ3n) is 3.30. The second-order valence-electron chi connectivity index (χ2n) is 5.13. The Balaban J connectivity index is 4.21. The van der Waals surface area contributed by atoms with Gasteiger partial charge >= 0.3 is 11.9 Å². The lowest BCUT2D eigenvalue weighted by atomic mass is 10.1. The van der Waals surface area contributed by atoms with Gasteiger partial charge in [-0.25, -0.2) is 4.79 Å². The molecule has 0 aromatic carbocycles. The van der Waals surface area contributed by atoms with Crippen molar-refractivity contribution in [1.29, 1.82) is 0 Å². The predicted molar refractivity (Wildman–Crippen MR) is 81.5 cm³/mol. The van der Waals surface area contributed by atoms with Crippen molar-refractivity contribution in [2.45, 2.75) is 72.1 Å². The minimum Gasteiger partial charge on any atom is -0.459 e. The van der Waals surface area contributed by atoms with Crippen molar-refractivity contribution >= 4 is 11.9 Å². The lowest BCUT2D eigenvalue weighted by molar-refractivity contribution is -0.159. The fourth-order valence-electron chi connectivity index (χ4n) is 2.10. The Hall–Kier alpha value is -1.06. The third-order valence-corrected chi connectivity index (χ3v) is 3.30. The molecule has 0 aliphatic carbocycles. The number of amides is 1. The molecule has 0 bridgehead atoms. The Labute approximate surface area is 123 Å². The number of carbonyl (C=O) groups is 2. The molecule has 0 atom stereocenters. The number of rotatable bonds is 11. The van der Waals surface area contributed by atoms with Gasteiger partial charge in [-0.3, -0.25) is 4.79 Å². The predicted octanol–water partition coefficient (Wildman–Crippen LogP) is 3.54. The second-order valence-corrected chi connectivity index (χ2v) is 5.13. The molecule has 0 saturated heterocycles. The van der Waals surface area contributed by atoms with E-state index >= 15 is 0 Å². The highest BCUT2D eigenvalue weighted by Gasteiger charge is 2.22. The molecule has 4 nitrogen and oxygen atoms in total. The summed E-state index contributed by atoms with van der Waals surface area (Å²) in [5.74, 6) is -1.18. The number of esters is 1. The van der Waals surface area contributed by atoms with E-state index in [9.17, 15) is 9.59 Å². The quantitative estimate of drug-likeness (QED) is 0.331. The average Bonchev–Trinajstić information content (AvgIpc) is 2.45. The van der Waals surface area contributed by atoms with E-state index in [1.54, 1.807) is 11.8 Å². The first-order chi connectivity index (χ1) is 9.67. The molecule has 20 heavy (non-hydrogen) atoms. The van der Waals surface area contributed by atoms with Crippen LogP contribution in [0.5, 0.6) is 0 Å². The van der Waals surface area contributed by atoms with Gasteiger partial charge in [0.05, 0.1) is 6.61 Å². The lowest BCUT2D eigenvalue weighted by Gasteiger charge is -2.21. The SMILES string of the molecule is CCCCCCN(CCCCCC)C(=O)C(=O)OCC. The lowest BCUT2D eigenvalue weighted by Crippen LogP contribution is -2.39. The van der Waals surface area contributed by atoms with Gasteiger partial charge in [0.15, 0.2) is 0 Å². The Morgan fingerprint density at radius 2 is 1.30 bits per heavy atom. The average molecular weight is 285 g/mol. The molecular weight excluding hydrogens is 254 g/mol. The maximum Gasteiger partial charge on any atom is 0.397 e. The van der Waals surface area contributed by atoms with Crippen LogP contribution >= 0.6 is 0 Å². The molecule has 4 heteroatoms. The van der Waals surface area contributed by atoms with Gasteiger partial charge in [0.25, 0.3) is 0 Å². The Kier molecular flexibility index (Phi) is 12.3. The van der Waals surface area contributed by atoms with Gasteiger partial charge in [0.1, 0.15) is 0 Å². The highest BCUT2D eigenvalue weighted by molar-refractivity contribution is 6.32. The summed E-state index contributed by atoms with van der Waals surface area (Å²) in [5.41, 5.74) is 0. The Morgan fingerprint density at radius 1 is 0.800 bits per heavy atom. The van der Waals surface area contributed by atoms with E-state index in [0.29, 0.717) is 13.1 Å². The molecule has 0 rings (SSSR count). The monoisotopic (exact) mass is 285 g/mol. The second kappa shape index (κ2) is 12.9. The van der Waals surface area contributed by atoms with Crippen LogP contribution < -0.4 is 0 Å². The molecule has 118 valence electrons. The van der Waals surface area contributed by atoms with Crippen LogP contribution in [0.15, 0.2) is 0 Å². The first kappa shape index (κ1) is 18.9. The van der Waals surface area contributed by atoms with Crippen LogP contribution in [0.2, 0.25) is 0 Å². The summed E-state index contributed by atoms with van der Waals surface area (Å²) in [6.07, 6.45) is 8.84. The first-order valence-electron chi connectivity index (χ1n) is 8.13. The molecule has 0 aliphatic rings. The van der Waals surface area contributed by atoms with E-state index in [2.05, 4.69) is 13.8 Å². The fourth-order valence-corrected chi connectivity index (χ4v) is 2.10. The molecule has 0 fully saturated rings. The molecule has 0 saturated carbocycles. The van der Waals surface area contributed by atoms with Gasteiger partial charge in [-0.05, 0) is 19.8 Å². The minimum absolute atomic E-state index is 0.254. The van der Waals surface area contributed by atoms with Crippen molar-refractivity contribution in [3.8, 4) is 0 Å². The molecule has 0 aromatic rings. The van der Waals surface area contributed by atoms with Crippen molar-refractivity contribution in [3.63, 3.8) is 0 Å². The van der Waals surface area contributed by atoms with Crippen LogP contribution in [0.4, 0.5) is 0 Å². The number of ether oxygens (including phenoxy) is 1. The highest BCUT2D eigenvalue weighted by atomic mass is 16.5. The zero-order chi connectivity index (χ0) is 15.2. The van der Waals surface area contributed by atoms with Gasteiger partial charge in [-0.2, -0.15) is 0 Å². The van der Waals surface area contributed by atoms with E-state index < -0.39 is 11.9 Å². The van der Waals surface area contributed by atoms with Crippen molar-refractivity contribution < 1.29 is 14.3 Å². The molecule has 0 N–H and O–H groups in total. The van der Waals surface area contributed by atoms with Crippen LogP contribution in [0.25, 0.3) is 0 Å². The number of hydrogen-bond donors (Lipinski definition) is 0. The topological polar surface area (TPSA) is 46.6 Å². The minimum atomic E-state index is -0.710. The molecule has 1 amide bonds. The van der Waals surface area contributed by atoms with Crippen molar-refractivity contribution in [2.75, 3.05) is 19.7 Å². The van der Waals surface area contributed by atoms with Crippen molar-refractivity contribution in [2.24, 2.45) is 0 Å². The summed E-state index contributed by atoms with van der Waals surface area (Å²) < 4.78 is 4.81. The van der Waals surface area contributed by atoms with Crippen LogP contribution in [0.1, 0.15) is 72.1 Å². The number of nitrogens with zero attached hydrogens (tertiary/aromatic N) is 1. The molecule has 0 aromatic heterocycles. The Bertz CT molecular complexity index is 254. The zero-order valence-corrected chi connectivity index (χ0v) is 13.5. The normalized spacial score (nSPS) is 10.3. The largest absolute Gasteiger partial charge is 0.459 e. The summed E-state index contributed by atoms with van der Waals surface area (Å²) in [6, 6.07) is 0. The van der Waals surface area contributed by atoms with Gasteiger partial charge < -0.3 is 9.64 Å². The molecule has 0 heterocycles. The number of hydrogen-bond acceptors (Lipinski definition) is 3. The van der Waals surface area contributed by atoms with E-state index in [-0.39, 0.29) is 6.61 Å². The van der Waals surface area contributed by atoms with Crippen LogP contribution in [-0.4, -0.2) is 36.5 Å². The van der Waals surface area contributed by atoms with Crippen LogP contribution in [-0.2, 0) is 14.3 Å². The maximum atomic E-state index is 12.0. The summed E-state index contributed by atoms with van der Waals surface area (Å²) >= 11 is 0. The zero-order valence-electron chi connectivity index (χ0n) is 13.5. The smallest absolute Gasteiger partial charge is 0.397 e. The molecule has 0 radical (unpaired) electrons. The summed E-state index contributed by atoms with van der Waals surface area (Å²) in [6.45, 7) is 7.63. The molecule has 0 aliphatic heterocycles. The molecule has 0 spiro atoms. The van der Waals surface area contributed by atoms with Gasteiger partial charge in [0, 0.05) is 13.1 Å². The Morgan fingerprint density at radius 3 is 1.70 bits per heavy atom. The highest BCUT2D eigenvalue weighted by Crippen LogP contribution is 2.06. The van der Waals surface area contributed by atoms with Crippen molar-refractivity contribution in [3.05, 3.63) is 0 Å². The standard InChI is InChI=1S/C16H31NO3/c1-4-7-9-11-13-17(14-12-10-8-5-2)15(18)16(19)20-6-3/h4-14H2,1-3H3. The first-order valence-corrected chi connectivity index (χ1v) is 8.13. The van der Waals surface area contributed by atoms with Gasteiger partial charge in [0.2, 0.25) is 0 Å².